The fraction of sp³-hybridized carbons (Fsp3) is 0.0536. The Balaban J connectivity index is 0.662. The molecule has 0 fully saturated rings. The number of rotatable bonds is 18. The number of furan rings is 2. The van der Waals surface area contributed by atoms with E-state index in [9.17, 15) is 0 Å². The highest BCUT2D eigenvalue weighted by Gasteiger charge is 2.48. The van der Waals surface area contributed by atoms with E-state index in [-0.39, 0.29) is 11.6 Å². The van der Waals surface area contributed by atoms with Crippen molar-refractivity contribution >= 4 is 90.2 Å². The van der Waals surface area contributed by atoms with Gasteiger partial charge in [0.15, 0.2) is 0 Å². The summed E-state index contributed by atoms with van der Waals surface area (Å²) in [6.45, 7) is 16.8. The van der Waals surface area contributed by atoms with E-state index in [0.29, 0.717) is 11.5 Å². The summed E-state index contributed by atoms with van der Waals surface area (Å²) in [5, 5.41) is 4.10. The Morgan fingerprint density at radius 1 is 0.258 bits per heavy atom. The molecule has 17 aromatic carbocycles. The van der Waals surface area contributed by atoms with Crippen LogP contribution in [-0.2, 0) is 10.8 Å². The normalized spacial score (nSPS) is 14.4. The molecule has 0 saturated carbocycles. The summed E-state index contributed by atoms with van der Waals surface area (Å²) in [6.07, 6.45) is 3.64. The van der Waals surface area contributed by atoms with Gasteiger partial charge in [0, 0.05) is 55.7 Å². The molecule has 120 heavy (non-hydrogen) atoms. The Bertz CT molecular complexity index is 6890. The van der Waals surface area contributed by atoms with Crippen molar-refractivity contribution in [1.82, 2.24) is 0 Å². The van der Waals surface area contributed by atoms with Crippen molar-refractivity contribution in [3.05, 3.63) is 467 Å². The van der Waals surface area contributed by atoms with Crippen LogP contribution in [0.1, 0.15) is 77.9 Å². The van der Waals surface area contributed by atoms with Gasteiger partial charge in [-0.15, -0.1) is 0 Å². The van der Waals surface area contributed by atoms with Crippen LogP contribution in [0.5, 0.6) is 23.0 Å². The van der Waals surface area contributed by atoms with Gasteiger partial charge in [-0.3, -0.25) is 0 Å². The first kappa shape index (κ1) is 72.6. The Kier molecular flexibility index (Phi) is 17.5. The number of para-hydroxylation sites is 2. The zero-order valence-corrected chi connectivity index (χ0v) is 66.5. The van der Waals surface area contributed by atoms with E-state index in [1.54, 1.807) is 24.3 Å². The number of nitrogens with zero attached hydrogens (tertiary/aromatic N) is 2. The fourth-order valence-electron chi connectivity index (χ4n) is 19.1. The Morgan fingerprint density at radius 3 is 0.925 bits per heavy atom. The van der Waals surface area contributed by atoms with Crippen molar-refractivity contribution in [2.24, 2.45) is 0 Å². The van der Waals surface area contributed by atoms with E-state index in [0.717, 1.165) is 212 Å². The van der Waals surface area contributed by atoms with Crippen molar-refractivity contribution < 1.29 is 27.1 Å². The average molecular weight is 1550 g/mol. The van der Waals surface area contributed by atoms with Crippen LogP contribution in [0.2, 0.25) is 0 Å². The van der Waals surface area contributed by atoms with E-state index in [4.69, 9.17) is 18.3 Å². The van der Waals surface area contributed by atoms with Gasteiger partial charge in [0.1, 0.15) is 57.0 Å². The molecule has 0 radical (unpaired) electrons. The SMILES string of the molecule is C=Cc1ccc(Oc2ccc(C3(c4ccc(F)cc4)c4ccccc4-c4ccc(N(c5ccc(-c6cc(C)c(-c7ccc(N(c8ccc9c(c8)C(c8ccc(F)cc8)(c8ccc(Oc%10ccc(C=C)cc%10)cc8)c8ccccc8-9)c8ccc9oc%10ccccc%10c9c8)cc7C)cc6C)c(C)c5)c5ccc6oc7ccccc7c6c5)cc43)cc2)cc1. The van der Waals surface area contributed by atoms with Gasteiger partial charge >= 0.3 is 0 Å². The summed E-state index contributed by atoms with van der Waals surface area (Å²) in [6, 6.07) is 125. The summed E-state index contributed by atoms with van der Waals surface area (Å²) < 4.78 is 56.6. The monoisotopic (exact) mass is 1550 g/mol. The molecule has 2 unspecified atom stereocenters. The lowest BCUT2D eigenvalue weighted by Gasteiger charge is -2.35. The predicted molar refractivity (Wildman–Crippen MR) is 488 cm³/mol. The van der Waals surface area contributed by atoms with Crippen molar-refractivity contribution in [3.63, 3.8) is 0 Å². The number of benzene rings is 17. The first-order chi connectivity index (χ1) is 58.8. The number of hydrogen-bond acceptors (Lipinski definition) is 6. The second-order valence-electron chi connectivity index (χ2n) is 31.6. The van der Waals surface area contributed by atoms with E-state index in [2.05, 4.69) is 269 Å². The molecule has 0 saturated heterocycles. The Labute approximate surface area is 695 Å². The van der Waals surface area contributed by atoms with E-state index < -0.39 is 10.8 Å². The third-order valence-electron chi connectivity index (χ3n) is 24.7. The van der Waals surface area contributed by atoms with E-state index >= 15 is 8.78 Å². The molecule has 2 aromatic heterocycles. The highest BCUT2D eigenvalue weighted by molar-refractivity contribution is 6.08. The molecule has 0 aliphatic heterocycles. The first-order valence-electron chi connectivity index (χ1n) is 40.6. The van der Waals surface area contributed by atoms with Crippen LogP contribution in [0.3, 0.4) is 0 Å². The molecule has 19 aromatic rings. The number of ether oxygens (including phenoxy) is 2. The second-order valence-corrected chi connectivity index (χ2v) is 31.6. The molecular formula is C112H78F2N2O4. The lowest BCUT2D eigenvalue weighted by atomic mass is 9.67. The molecule has 0 spiro atoms. The smallest absolute Gasteiger partial charge is 0.135 e. The van der Waals surface area contributed by atoms with Crippen LogP contribution in [0.25, 0.3) is 101 Å². The number of aryl methyl sites for hydroxylation is 4. The van der Waals surface area contributed by atoms with Crippen LogP contribution < -0.4 is 19.3 Å². The molecule has 2 aliphatic carbocycles. The first-order valence-corrected chi connectivity index (χ1v) is 40.6. The maximum Gasteiger partial charge on any atom is 0.135 e. The number of anilines is 6. The highest BCUT2D eigenvalue weighted by Crippen LogP contribution is 2.60. The van der Waals surface area contributed by atoms with E-state index in [1.165, 1.54) is 0 Å². The number of halogens is 2. The van der Waals surface area contributed by atoms with Gasteiger partial charge in [-0.2, -0.15) is 0 Å². The van der Waals surface area contributed by atoms with Gasteiger partial charge in [-0.25, -0.2) is 8.78 Å². The average Bonchev–Trinajstić information content (AvgIpc) is 1.53. The van der Waals surface area contributed by atoms with Gasteiger partial charge in [0.2, 0.25) is 0 Å². The maximum absolute atomic E-state index is 15.4. The van der Waals surface area contributed by atoms with Gasteiger partial charge in [0.05, 0.1) is 10.8 Å². The van der Waals surface area contributed by atoms with Gasteiger partial charge in [-0.05, 0) is 320 Å². The molecule has 0 bridgehead atoms. The summed E-state index contributed by atoms with van der Waals surface area (Å²) >= 11 is 0. The Hall–Kier alpha value is -15.1. The molecule has 0 N–H and O–H groups in total. The lowest BCUT2D eigenvalue weighted by Crippen LogP contribution is -2.29. The van der Waals surface area contributed by atoms with Crippen molar-refractivity contribution in [2.75, 3.05) is 9.80 Å². The summed E-state index contributed by atoms with van der Waals surface area (Å²) in [5.74, 6) is 2.22. The topological polar surface area (TPSA) is 51.2 Å². The number of fused-ring (bicyclic) bond motifs is 12. The maximum atomic E-state index is 15.4. The van der Waals surface area contributed by atoms with Crippen LogP contribution in [0, 0.1) is 39.3 Å². The van der Waals surface area contributed by atoms with Crippen LogP contribution in [-0.4, -0.2) is 0 Å². The van der Waals surface area contributed by atoms with Gasteiger partial charge in [-0.1, -0.05) is 219 Å². The molecule has 574 valence electrons. The minimum atomic E-state index is -0.877. The zero-order valence-electron chi connectivity index (χ0n) is 66.5. The highest BCUT2D eigenvalue weighted by atomic mass is 19.1. The van der Waals surface area contributed by atoms with E-state index in [1.807, 2.05) is 133 Å². The largest absolute Gasteiger partial charge is 0.457 e. The van der Waals surface area contributed by atoms with Gasteiger partial charge < -0.3 is 28.1 Å². The molecule has 8 heteroatoms. The molecule has 2 atom stereocenters. The predicted octanol–water partition coefficient (Wildman–Crippen LogP) is 30.9. The van der Waals surface area contributed by atoms with Gasteiger partial charge in [0.25, 0.3) is 0 Å². The van der Waals surface area contributed by atoms with Crippen molar-refractivity contribution in [3.8, 4) is 67.5 Å². The third-order valence-corrected chi connectivity index (χ3v) is 24.7. The summed E-state index contributed by atoms with van der Waals surface area (Å²) in [5.41, 5.74) is 31.0. The lowest BCUT2D eigenvalue weighted by molar-refractivity contribution is 0.482. The number of hydrogen-bond donors (Lipinski definition) is 0. The summed E-state index contributed by atoms with van der Waals surface area (Å²) in [4.78, 5) is 4.73. The standard InChI is InChI=1S/C112H78F2N2O4/c1-7-73-25-47-87(48-26-73)117-89-51-33-77(34-52-89)111(75-29-37-79(113)38-30-75)103-21-13-9-17-93(103)95-57-43-85(67-105(95)111)115(83-45-59-109-101(65-83)97-19-11-15-23-107(97)119-109)81-41-55-91(69(3)61-81)99-63-72(6)100(64-71(99)5)92-56-42-82(62-70(92)4)116(84-46-60-110-102(66-84)98-20-12-16-24-108(98)120-110)86-44-58-96-94-18-10-14-22-104(94)112(106(96)68-86,76-31-39-80(114)40-32-76)78-35-53-90(54-36-78)118-88-49-27-74(8-2)28-50-88/h7-68H,1-2H2,3-6H3. The summed E-state index contributed by atoms with van der Waals surface area (Å²) in [7, 11) is 0. The third kappa shape index (κ3) is 12.0. The zero-order chi connectivity index (χ0) is 81.1. The quantitative estimate of drug-likeness (QED) is 0.0853. The second kappa shape index (κ2) is 29.0. The molecular weight excluding hydrogens is 1480 g/mol. The Morgan fingerprint density at radius 2 is 0.550 bits per heavy atom. The fourth-order valence-corrected chi connectivity index (χ4v) is 19.1. The molecule has 21 rings (SSSR count). The van der Waals surface area contributed by atoms with Crippen LogP contribution in [0.4, 0.5) is 42.9 Å². The minimum absolute atomic E-state index is 0.305. The molecule has 2 aliphatic rings. The van der Waals surface area contributed by atoms with Crippen molar-refractivity contribution in [2.45, 2.75) is 38.5 Å². The van der Waals surface area contributed by atoms with Crippen LogP contribution in [0.15, 0.2) is 386 Å². The van der Waals surface area contributed by atoms with Crippen molar-refractivity contribution in [1.29, 1.82) is 0 Å². The molecule has 2 heterocycles. The molecule has 0 amide bonds. The molecule has 6 nitrogen and oxygen atoms in total. The minimum Gasteiger partial charge on any atom is -0.457 e. The van der Waals surface area contributed by atoms with Crippen LogP contribution >= 0.6 is 0 Å².